The molecule has 2 aromatic carbocycles. The number of nitrogens with two attached hydrogens (primary N) is 1. The van der Waals surface area contributed by atoms with Crippen molar-refractivity contribution in [2.75, 3.05) is 5.73 Å². The van der Waals surface area contributed by atoms with E-state index in [1.165, 1.54) is 0 Å². The first-order chi connectivity index (χ1) is 10.2. The quantitative estimate of drug-likeness (QED) is 0.561. The van der Waals surface area contributed by atoms with Crippen LogP contribution in [0.2, 0.25) is 10.0 Å². The molecular weight excluding hydrogens is 301 g/mol. The molecule has 3 heteroatoms. The molecule has 0 aliphatic heterocycles. The van der Waals surface area contributed by atoms with Gasteiger partial charge in [-0.05, 0) is 42.5 Å². The first kappa shape index (κ1) is 15.1. The van der Waals surface area contributed by atoms with Crippen molar-refractivity contribution in [3.8, 4) is 23.7 Å². The monoisotopic (exact) mass is 311 g/mol. The summed E-state index contributed by atoms with van der Waals surface area (Å²) < 4.78 is 0. The highest BCUT2D eigenvalue weighted by Gasteiger charge is 1.96. The number of nitrogen functional groups attached to an aromatic ring is 1. The summed E-state index contributed by atoms with van der Waals surface area (Å²) in [5.41, 5.74) is 7.98. The minimum Gasteiger partial charge on any atom is -0.398 e. The molecular formula is C18H11Cl2N. The second kappa shape index (κ2) is 7.46. The molecule has 2 N–H and O–H groups in total. The molecule has 0 saturated heterocycles. The topological polar surface area (TPSA) is 26.0 Å². The zero-order chi connectivity index (χ0) is 15.1. The highest BCUT2D eigenvalue weighted by atomic mass is 35.5. The predicted molar refractivity (Wildman–Crippen MR) is 90.2 cm³/mol. The maximum absolute atomic E-state index is 6.01. The van der Waals surface area contributed by atoms with Crippen LogP contribution in [0.1, 0.15) is 11.1 Å². The van der Waals surface area contributed by atoms with Gasteiger partial charge in [-0.2, -0.15) is 0 Å². The van der Waals surface area contributed by atoms with Crippen LogP contribution in [0.4, 0.5) is 5.69 Å². The third-order valence-electron chi connectivity index (χ3n) is 2.56. The van der Waals surface area contributed by atoms with Crippen molar-refractivity contribution in [3.63, 3.8) is 0 Å². The molecule has 0 aliphatic rings. The Morgan fingerprint density at radius 3 is 2.19 bits per heavy atom. The van der Waals surface area contributed by atoms with E-state index in [0.29, 0.717) is 15.7 Å². The molecule has 2 rings (SSSR count). The van der Waals surface area contributed by atoms with Crippen molar-refractivity contribution in [2.45, 2.75) is 0 Å². The van der Waals surface area contributed by atoms with Crippen LogP contribution in [-0.4, -0.2) is 0 Å². The Morgan fingerprint density at radius 1 is 0.857 bits per heavy atom. The molecule has 0 heterocycles. The Hall–Kier alpha value is -2.32. The lowest BCUT2D eigenvalue weighted by molar-refractivity contribution is 1.63. The molecule has 0 radical (unpaired) electrons. The molecule has 0 aromatic heterocycles. The van der Waals surface area contributed by atoms with Crippen molar-refractivity contribution < 1.29 is 0 Å². The van der Waals surface area contributed by atoms with Crippen LogP contribution in [-0.2, 0) is 0 Å². The molecule has 2 aromatic rings. The van der Waals surface area contributed by atoms with Crippen LogP contribution >= 0.6 is 23.2 Å². The van der Waals surface area contributed by atoms with Gasteiger partial charge in [0.1, 0.15) is 0 Å². The first-order valence-electron chi connectivity index (χ1n) is 6.14. The van der Waals surface area contributed by atoms with E-state index < -0.39 is 0 Å². The number of allylic oxidation sites excluding steroid dienone is 2. The number of para-hydroxylation sites is 1. The van der Waals surface area contributed by atoms with Crippen molar-refractivity contribution in [2.24, 2.45) is 0 Å². The molecule has 0 amide bonds. The average Bonchev–Trinajstić information content (AvgIpc) is 2.46. The minimum absolute atomic E-state index is 0.534. The molecule has 0 bridgehead atoms. The smallest absolute Gasteiger partial charge is 0.0577 e. The fourth-order valence-corrected chi connectivity index (χ4v) is 1.98. The maximum atomic E-state index is 6.01. The van der Waals surface area contributed by atoms with Gasteiger partial charge in [-0.3, -0.25) is 0 Å². The van der Waals surface area contributed by atoms with Gasteiger partial charge in [0.2, 0.25) is 0 Å². The summed E-state index contributed by atoms with van der Waals surface area (Å²) in [4.78, 5) is 0. The number of benzene rings is 2. The van der Waals surface area contributed by atoms with Crippen molar-refractivity contribution in [3.05, 3.63) is 75.8 Å². The summed E-state index contributed by atoms with van der Waals surface area (Å²) in [7, 11) is 0. The second-order valence-electron chi connectivity index (χ2n) is 4.08. The Balaban J connectivity index is 2.05. The van der Waals surface area contributed by atoms with E-state index in [-0.39, 0.29) is 0 Å². The van der Waals surface area contributed by atoms with Gasteiger partial charge in [-0.1, -0.05) is 59.0 Å². The van der Waals surface area contributed by atoms with E-state index in [1.54, 1.807) is 30.4 Å². The maximum Gasteiger partial charge on any atom is 0.0577 e. The van der Waals surface area contributed by atoms with Gasteiger partial charge in [0.05, 0.1) is 5.02 Å². The fourth-order valence-electron chi connectivity index (χ4n) is 1.52. The van der Waals surface area contributed by atoms with Crippen LogP contribution < -0.4 is 5.73 Å². The van der Waals surface area contributed by atoms with Crippen molar-refractivity contribution in [1.82, 2.24) is 0 Å². The Kier molecular flexibility index (Phi) is 5.35. The first-order valence-corrected chi connectivity index (χ1v) is 6.90. The van der Waals surface area contributed by atoms with E-state index in [9.17, 15) is 0 Å². The summed E-state index contributed by atoms with van der Waals surface area (Å²) in [6, 6.07) is 12.6. The number of hydrogen-bond donors (Lipinski definition) is 1. The van der Waals surface area contributed by atoms with E-state index >= 15 is 0 Å². The lowest BCUT2D eigenvalue weighted by Crippen LogP contribution is -1.87. The van der Waals surface area contributed by atoms with E-state index in [1.807, 2.05) is 24.3 Å². The zero-order valence-electron chi connectivity index (χ0n) is 11.0. The molecule has 0 saturated carbocycles. The minimum atomic E-state index is 0.534. The van der Waals surface area contributed by atoms with Gasteiger partial charge in [-0.15, -0.1) is 0 Å². The van der Waals surface area contributed by atoms with Gasteiger partial charge in [0, 0.05) is 21.8 Å². The third kappa shape index (κ3) is 4.62. The average molecular weight is 312 g/mol. The van der Waals surface area contributed by atoms with E-state index in [0.717, 1.165) is 11.1 Å². The zero-order valence-corrected chi connectivity index (χ0v) is 12.5. The normalized spacial score (nSPS) is 9.62. The Bertz CT molecular complexity index is 799. The molecule has 0 fully saturated rings. The number of anilines is 1. The molecule has 0 atom stereocenters. The summed E-state index contributed by atoms with van der Waals surface area (Å²) in [5.74, 6) is 11.6. The van der Waals surface area contributed by atoms with E-state index in [4.69, 9.17) is 28.9 Å². The lowest BCUT2D eigenvalue weighted by Gasteiger charge is -1.94. The predicted octanol–water partition coefficient (Wildman–Crippen LogP) is 4.54. The van der Waals surface area contributed by atoms with Crippen molar-refractivity contribution in [1.29, 1.82) is 0 Å². The molecule has 1 nitrogen and oxygen atoms in total. The number of halogens is 2. The Morgan fingerprint density at radius 2 is 1.52 bits per heavy atom. The summed E-state index contributed by atoms with van der Waals surface area (Å²) in [6.45, 7) is 0. The summed E-state index contributed by atoms with van der Waals surface area (Å²) >= 11 is 11.8. The SMILES string of the molecule is Nc1ccccc1C#C/C=C\C#Cc1ccc(Cl)cc1Cl. The highest BCUT2D eigenvalue weighted by Crippen LogP contribution is 2.19. The van der Waals surface area contributed by atoms with E-state index in [2.05, 4.69) is 23.7 Å². The molecule has 0 aliphatic carbocycles. The lowest BCUT2D eigenvalue weighted by atomic mass is 10.2. The molecule has 21 heavy (non-hydrogen) atoms. The number of hydrogen-bond acceptors (Lipinski definition) is 1. The molecule has 102 valence electrons. The van der Waals surface area contributed by atoms with Crippen LogP contribution in [0.15, 0.2) is 54.6 Å². The second-order valence-corrected chi connectivity index (χ2v) is 4.93. The van der Waals surface area contributed by atoms with Crippen LogP contribution in [0, 0.1) is 23.7 Å². The van der Waals surface area contributed by atoms with Crippen molar-refractivity contribution >= 4 is 28.9 Å². The van der Waals surface area contributed by atoms with Crippen LogP contribution in [0.25, 0.3) is 0 Å². The van der Waals surface area contributed by atoms with Crippen LogP contribution in [0.3, 0.4) is 0 Å². The highest BCUT2D eigenvalue weighted by molar-refractivity contribution is 6.35. The third-order valence-corrected chi connectivity index (χ3v) is 3.10. The van der Waals surface area contributed by atoms with Gasteiger partial charge >= 0.3 is 0 Å². The molecule has 0 spiro atoms. The van der Waals surface area contributed by atoms with Crippen LogP contribution in [0.5, 0.6) is 0 Å². The standard InChI is InChI=1S/C18H11Cl2N/c19-16-12-11-14(17(20)13-16)7-3-1-2-4-8-15-9-5-6-10-18(15)21/h1-2,5-6,9-13H,21H2/b2-1-. The van der Waals surface area contributed by atoms with Gasteiger partial charge < -0.3 is 5.73 Å². The Labute approximate surface area is 134 Å². The van der Waals surface area contributed by atoms with Gasteiger partial charge in [-0.25, -0.2) is 0 Å². The molecule has 0 unspecified atom stereocenters. The largest absolute Gasteiger partial charge is 0.398 e. The number of rotatable bonds is 0. The van der Waals surface area contributed by atoms with Gasteiger partial charge in [0.15, 0.2) is 0 Å². The summed E-state index contributed by atoms with van der Waals surface area (Å²) in [6.07, 6.45) is 3.33. The fraction of sp³-hybridized carbons (Fsp3) is 0. The van der Waals surface area contributed by atoms with Gasteiger partial charge in [0.25, 0.3) is 0 Å². The summed E-state index contributed by atoms with van der Waals surface area (Å²) in [5, 5.41) is 1.12.